The molecule has 0 radical (unpaired) electrons. The first kappa shape index (κ1) is 21.7. The van der Waals surface area contributed by atoms with E-state index in [9.17, 15) is 16.8 Å². The van der Waals surface area contributed by atoms with E-state index in [0.717, 1.165) is 30.4 Å². The SMILES string of the molecule is O=S1(=O)CCC(N(CCCN2CCOCC2)S(=O)(=O)c2ccc3ccccc3c2)C1. The number of benzene rings is 2. The van der Waals surface area contributed by atoms with E-state index < -0.39 is 25.9 Å². The molecule has 2 aliphatic rings. The Morgan fingerprint density at radius 2 is 1.80 bits per heavy atom. The molecule has 0 bridgehead atoms. The number of nitrogens with zero attached hydrogens (tertiary/aromatic N) is 2. The highest BCUT2D eigenvalue weighted by molar-refractivity contribution is 7.92. The number of sulfone groups is 1. The summed E-state index contributed by atoms with van der Waals surface area (Å²) in [6.45, 7) is 4.16. The minimum atomic E-state index is -3.80. The summed E-state index contributed by atoms with van der Waals surface area (Å²) in [5.74, 6) is -0.0533. The molecule has 1 atom stereocenters. The van der Waals surface area contributed by atoms with Gasteiger partial charge in [0.2, 0.25) is 10.0 Å². The summed E-state index contributed by atoms with van der Waals surface area (Å²) in [5.41, 5.74) is 0. The largest absolute Gasteiger partial charge is 0.379 e. The number of sulfonamides is 1. The van der Waals surface area contributed by atoms with Gasteiger partial charge in [-0.25, -0.2) is 16.8 Å². The van der Waals surface area contributed by atoms with Crippen molar-refractivity contribution in [3.05, 3.63) is 42.5 Å². The van der Waals surface area contributed by atoms with Crippen LogP contribution in [0.5, 0.6) is 0 Å². The van der Waals surface area contributed by atoms with Crippen molar-refractivity contribution >= 4 is 30.6 Å². The number of fused-ring (bicyclic) bond motifs is 1. The van der Waals surface area contributed by atoms with E-state index in [1.807, 2.05) is 24.3 Å². The van der Waals surface area contributed by atoms with Crippen molar-refractivity contribution in [3.8, 4) is 0 Å². The first-order valence-corrected chi connectivity index (χ1v) is 13.6. The normalized spacial score (nSPS) is 22.6. The lowest BCUT2D eigenvalue weighted by atomic mass is 10.1. The second-order valence-corrected chi connectivity index (χ2v) is 12.1. The highest BCUT2D eigenvalue weighted by Gasteiger charge is 2.38. The van der Waals surface area contributed by atoms with Crippen LogP contribution in [0.15, 0.2) is 47.4 Å². The third kappa shape index (κ3) is 4.86. The Morgan fingerprint density at radius 3 is 2.50 bits per heavy atom. The van der Waals surface area contributed by atoms with Crippen molar-refractivity contribution in [1.29, 1.82) is 0 Å². The van der Waals surface area contributed by atoms with Crippen molar-refractivity contribution in [1.82, 2.24) is 9.21 Å². The highest BCUT2D eigenvalue weighted by atomic mass is 32.2. The number of ether oxygens (including phenoxy) is 1. The molecular formula is C21H28N2O5S2. The third-order valence-corrected chi connectivity index (χ3v) is 9.60. The molecule has 0 spiro atoms. The number of morpholine rings is 1. The lowest BCUT2D eigenvalue weighted by molar-refractivity contribution is 0.0367. The molecule has 2 fully saturated rings. The van der Waals surface area contributed by atoms with Crippen LogP contribution in [0.4, 0.5) is 0 Å². The van der Waals surface area contributed by atoms with Crippen LogP contribution >= 0.6 is 0 Å². The number of hydrogen-bond donors (Lipinski definition) is 0. The van der Waals surface area contributed by atoms with Crippen LogP contribution in [0.1, 0.15) is 12.8 Å². The Morgan fingerprint density at radius 1 is 1.07 bits per heavy atom. The van der Waals surface area contributed by atoms with Crippen LogP contribution in [0, 0.1) is 0 Å². The van der Waals surface area contributed by atoms with Gasteiger partial charge in [-0.2, -0.15) is 4.31 Å². The van der Waals surface area contributed by atoms with Gasteiger partial charge in [0, 0.05) is 25.7 Å². The molecule has 4 rings (SSSR count). The smallest absolute Gasteiger partial charge is 0.243 e. The van der Waals surface area contributed by atoms with Gasteiger partial charge in [0.15, 0.2) is 9.84 Å². The van der Waals surface area contributed by atoms with Crippen LogP contribution in [0.3, 0.4) is 0 Å². The zero-order valence-electron chi connectivity index (χ0n) is 16.9. The average Bonchev–Trinajstić information content (AvgIpc) is 3.10. The molecule has 1 unspecified atom stereocenters. The molecular weight excluding hydrogens is 424 g/mol. The van der Waals surface area contributed by atoms with Gasteiger partial charge < -0.3 is 4.74 Å². The molecule has 164 valence electrons. The average molecular weight is 453 g/mol. The molecule has 2 aromatic carbocycles. The Kier molecular flexibility index (Phi) is 6.45. The maximum absolute atomic E-state index is 13.6. The minimum absolute atomic E-state index is 0.0465. The first-order valence-electron chi connectivity index (χ1n) is 10.4. The Balaban J connectivity index is 1.57. The van der Waals surface area contributed by atoms with E-state index in [1.165, 1.54) is 4.31 Å². The fourth-order valence-corrected chi connectivity index (χ4v) is 7.79. The summed E-state index contributed by atoms with van der Waals surface area (Å²) in [7, 11) is -7.00. The predicted molar refractivity (Wildman–Crippen MR) is 117 cm³/mol. The van der Waals surface area contributed by atoms with Crippen molar-refractivity contribution in [3.63, 3.8) is 0 Å². The summed E-state index contributed by atoms with van der Waals surface area (Å²) in [6, 6.07) is 12.2. The van der Waals surface area contributed by atoms with Crippen molar-refractivity contribution < 1.29 is 21.6 Å². The number of hydrogen-bond acceptors (Lipinski definition) is 6. The first-order chi connectivity index (χ1) is 14.4. The second-order valence-electron chi connectivity index (χ2n) is 7.99. The van der Waals surface area contributed by atoms with Crippen LogP contribution in [-0.4, -0.2) is 83.0 Å². The summed E-state index contributed by atoms with van der Waals surface area (Å²) < 4.78 is 58.0. The molecule has 9 heteroatoms. The Labute approximate surface area is 178 Å². The molecule has 2 aromatic rings. The molecule has 2 saturated heterocycles. The van der Waals surface area contributed by atoms with Gasteiger partial charge >= 0.3 is 0 Å². The molecule has 2 heterocycles. The van der Waals surface area contributed by atoms with Crippen molar-refractivity contribution in [2.24, 2.45) is 0 Å². The lowest BCUT2D eigenvalue weighted by Crippen LogP contribution is -2.43. The van der Waals surface area contributed by atoms with Crippen molar-refractivity contribution in [2.45, 2.75) is 23.8 Å². The molecule has 0 aliphatic carbocycles. The van der Waals surface area contributed by atoms with E-state index in [1.54, 1.807) is 18.2 Å². The monoisotopic (exact) mass is 452 g/mol. The molecule has 2 aliphatic heterocycles. The van der Waals surface area contributed by atoms with E-state index in [4.69, 9.17) is 4.74 Å². The van der Waals surface area contributed by atoms with Crippen LogP contribution < -0.4 is 0 Å². The molecule has 0 aromatic heterocycles. The van der Waals surface area contributed by atoms with E-state index in [0.29, 0.717) is 32.6 Å². The zero-order valence-corrected chi connectivity index (χ0v) is 18.6. The minimum Gasteiger partial charge on any atom is -0.379 e. The maximum Gasteiger partial charge on any atom is 0.243 e. The molecule has 0 saturated carbocycles. The second kappa shape index (κ2) is 8.92. The Hall–Kier alpha value is -1.52. The van der Waals surface area contributed by atoms with Gasteiger partial charge in [0.05, 0.1) is 29.6 Å². The van der Waals surface area contributed by atoms with E-state index in [2.05, 4.69) is 4.90 Å². The van der Waals surface area contributed by atoms with Gasteiger partial charge in [-0.3, -0.25) is 4.90 Å². The summed E-state index contributed by atoms with van der Waals surface area (Å²) in [4.78, 5) is 2.48. The fourth-order valence-electron chi connectivity index (χ4n) is 4.24. The molecule has 0 N–H and O–H groups in total. The Bertz CT molecular complexity index is 1100. The van der Waals surface area contributed by atoms with Gasteiger partial charge in [0.25, 0.3) is 0 Å². The predicted octanol–water partition coefficient (Wildman–Crippen LogP) is 1.74. The van der Waals surface area contributed by atoms with E-state index in [-0.39, 0.29) is 16.4 Å². The summed E-state index contributed by atoms with van der Waals surface area (Å²) >= 11 is 0. The van der Waals surface area contributed by atoms with Crippen molar-refractivity contribution in [2.75, 3.05) is 50.9 Å². The lowest BCUT2D eigenvalue weighted by Gasteiger charge is -2.30. The van der Waals surface area contributed by atoms with Gasteiger partial charge in [-0.1, -0.05) is 30.3 Å². The van der Waals surface area contributed by atoms with Crippen LogP contribution in [0.25, 0.3) is 10.8 Å². The van der Waals surface area contributed by atoms with Crippen LogP contribution in [-0.2, 0) is 24.6 Å². The maximum atomic E-state index is 13.6. The fraction of sp³-hybridized carbons (Fsp3) is 0.524. The quantitative estimate of drug-likeness (QED) is 0.636. The molecule has 0 amide bonds. The van der Waals surface area contributed by atoms with Crippen LogP contribution in [0.2, 0.25) is 0 Å². The highest BCUT2D eigenvalue weighted by Crippen LogP contribution is 2.27. The van der Waals surface area contributed by atoms with E-state index >= 15 is 0 Å². The zero-order chi connectivity index (χ0) is 21.2. The van der Waals surface area contributed by atoms with Gasteiger partial charge in [-0.15, -0.1) is 0 Å². The van der Waals surface area contributed by atoms with Gasteiger partial charge in [0.1, 0.15) is 0 Å². The number of rotatable bonds is 7. The third-order valence-electron chi connectivity index (χ3n) is 5.90. The summed E-state index contributed by atoms with van der Waals surface area (Å²) in [6.07, 6.45) is 1.01. The molecule has 30 heavy (non-hydrogen) atoms. The standard InChI is InChI=1S/C21H28N2O5S2/c24-29(25)15-8-20(17-29)23(10-3-9-22-11-13-28-14-12-22)30(26,27)21-7-6-18-4-1-2-5-19(18)16-21/h1-2,4-7,16,20H,3,8-15,17H2. The molecule has 7 nitrogen and oxygen atoms in total. The topological polar surface area (TPSA) is 84.0 Å². The van der Waals surface area contributed by atoms with Gasteiger partial charge in [-0.05, 0) is 42.3 Å². The summed E-state index contributed by atoms with van der Waals surface area (Å²) in [5, 5.41) is 1.82.